The van der Waals surface area contributed by atoms with E-state index < -0.39 is 8.07 Å². The molecule has 2 aliphatic rings. The molecule has 1 aliphatic heterocycles. The summed E-state index contributed by atoms with van der Waals surface area (Å²) in [6, 6.07) is 10.5. The van der Waals surface area contributed by atoms with E-state index >= 15 is 0 Å². The number of hydrogen-bond donors (Lipinski definition) is 1. The normalized spacial score (nSPS) is 21.8. The lowest BCUT2D eigenvalue weighted by Gasteiger charge is -2.37. The summed E-state index contributed by atoms with van der Waals surface area (Å²) in [6.45, 7) is 4.48. The zero-order valence-electron chi connectivity index (χ0n) is 14.2. The molecule has 0 amide bonds. The van der Waals surface area contributed by atoms with Gasteiger partial charge in [0.1, 0.15) is 13.8 Å². The highest BCUT2D eigenvalue weighted by atomic mass is 32.1. The fourth-order valence-corrected chi connectivity index (χ4v) is 9.32. The van der Waals surface area contributed by atoms with E-state index in [0.29, 0.717) is 0 Å². The number of aliphatic imine (C=N–C) groups is 1. The van der Waals surface area contributed by atoms with Crippen LogP contribution in [0.2, 0.25) is 12.6 Å². The van der Waals surface area contributed by atoms with Gasteiger partial charge < -0.3 is 5.11 Å². The summed E-state index contributed by atoms with van der Waals surface area (Å²) >= 11 is 1.60. The average molecular weight is 366 g/mol. The Morgan fingerprint density at radius 2 is 2.08 bits per heavy atom. The summed E-state index contributed by atoms with van der Waals surface area (Å²) in [5, 5.41) is 14.3. The smallest absolute Gasteiger partial charge is 0.187 e. The maximum absolute atomic E-state index is 12.8. The second kappa shape index (κ2) is 5.93. The van der Waals surface area contributed by atoms with Crippen LogP contribution in [0.4, 0.5) is 5.69 Å². The summed E-state index contributed by atoms with van der Waals surface area (Å²) < 4.78 is 0. The van der Waals surface area contributed by atoms with E-state index in [0.717, 1.165) is 44.7 Å². The molecule has 5 heteroatoms. The van der Waals surface area contributed by atoms with Crippen molar-refractivity contribution in [3.63, 3.8) is 0 Å². The maximum atomic E-state index is 12.8. The van der Waals surface area contributed by atoms with E-state index in [1.54, 1.807) is 23.5 Å². The van der Waals surface area contributed by atoms with Crippen molar-refractivity contribution >= 4 is 47.4 Å². The van der Waals surface area contributed by atoms with Gasteiger partial charge in [-0.05, 0) is 58.2 Å². The fraction of sp³-hybridized carbons (Fsp3) is 0.200. The largest absolute Gasteiger partial charge is 0.508 e. The topological polar surface area (TPSA) is 49.7 Å². The van der Waals surface area contributed by atoms with Crippen molar-refractivity contribution in [1.82, 2.24) is 0 Å². The highest BCUT2D eigenvalue weighted by Gasteiger charge is 2.44. The third-order valence-electron chi connectivity index (χ3n) is 5.03. The summed E-state index contributed by atoms with van der Waals surface area (Å²) in [7, 11) is -2.19. The quantitative estimate of drug-likeness (QED) is 0.649. The molecule has 2 aromatic rings. The third kappa shape index (κ3) is 2.46. The van der Waals surface area contributed by atoms with E-state index in [-0.39, 0.29) is 11.5 Å². The molecular weight excluding hydrogens is 346 g/mol. The zero-order chi connectivity index (χ0) is 17.6. The number of phenolic OH excluding ortho intramolecular Hbond substituents is 1. The highest BCUT2D eigenvalue weighted by Crippen LogP contribution is 2.40. The van der Waals surface area contributed by atoms with Crippen molar-refractivity contribution in [2.45, 2.75) is 25.9 Å². The van der Waals surface area contributed by atoms with Crippen LogP contribution in [0.25, 0.3) is 5.57 Å². The third-order valence-corrected chi connectivity index (χ3v) is 10.6. The van der Waals surface area contributed by atoms with Crippen LogP contribution in [0, 0.1) is 0 Å². The Morgan fingerprint density at radius 1 is 1.24 bits per heavy atom. The van der Waals surface area contributed by atoms with Crippen LogP contribution in [0.3, 0.4) is 0 Å². The van der Waals surface area contributed by atoms with Crippen LogP contribution in [0.1, 0.15) is 18.2 Å². The second-order valence-corrected chi connectivity index (χ2v) is 11.9. The molecule has 3 nitrogen and oxygen atoms in total. The van der Waals surface area contributed by atoms with E-state index in [9.17, 15) is 9.90 Å². The molecule has 2 heterocycles. The fourth-order valence-electron chi connectivity index (χ4n) is 3.98. The van der Waals surface area contributed by atoms with Gasteiger partial charge in [-0.15, -0.1) is 11.3 Å². The number of nitrogens with zero attached hydrogens (tertiary/aromatic N) is 1. The molecule has 1 aromatic carbocycles. The summed E-state index contributed by atoms with van der Waals surface area (Å²) in [5.74, 6) is 0.331. The molecule has 0 bridgehead atoms. The summed E-state index contributed by atoms with van der Waals surface area (Å²) in [4.78, 5) is 18.6. The van der Waals surface area contributed by atoms with E-state index in [2.05, 4.69) is 13.5 Å². The minimum Gasteiger partial charge on any atom is -0.508 e. The number of ketones is 1. The molecule has 1 atom stereocenters. The standard InChI is InChI=1S/C20H19NO2SSi/c1-3-11-25(2)18-12-13(22)6-7-14(18)21-15-8-9-16(23)19(20(15)25)17-5-4-10-24-17/h4-10,12,22H,3,11H2,1-2H3. The zero-order valence-corrected chi connectivity index (χ0v) is 16.1. The van der Waals surface area contributed by atoms with Gasteiger partial charge in [-0.2, -0.15) is 0 Å². The summed E-state index contributed by atoms with van der Waals surface area (Å²) in [6.07, 6.45) is 4.54. The number of fused-ring (bicyclic) bond motifs is 2. The molecule has 0 saturated heterocycles. The number of allylic oxidation sites excluding steroid dienone is 4. The molecule has 0 radical (unpaired) electrons. The van der Waals surface area contributed by atoms with Crippen molar-refractivity contribution in [3.05, 3.63) is 57.9 Å². The van der Waals surface area contributed by atoms with Crippen molar-refractivity contribution in [2.75, 3.05) is 0 Å². The Hall–Kier alpha value is -2.24. The van der Waals surface area contributed by atoms with Gasteiger partial charge in [-0.1, -0.05) is 26.0 Å². The van der Waals surface area contributed by atoms with Crippen molar-refractivity contribution < 1.29 is 9.90 Å². The van der Waals surface area contributed by atoms with Gasteiger partial charge in [-0.3, -0.25) is 4.79 Å². The van der Waals surface area contributed by atoms with Gasteiger partial charge in [0.2, 0.25) is 0 Å². The van der Waals surface area contributed by atoms with Gasteiger partial charge in [0.05, 0.1) is 11.4 Å². The molecule has 1 aliphatic carbocycles. The first-order valence-electron chi connectivity index (χ1n) is 8.48. The van der Waals surface area contributed by atoms with Gasteiger partial charge in [0.15, 0.2) is 5.78 Å². The molecule has 4 rings (SSSR count). The minimum atomic E-state index is -2.19. The monoisotopic (exact) mass is 365 g/mol. The van der Waals surface area contributed by atoms with Crippen LogP contribution >= 0.6 is 11.3 Å². The molecular formula is C20H19NO2SSi. The van der Waals surface area contributed by atoms with Gasteiger partial charge in [-0.25, -0.2) is 4.99 Å². The molecule has 1 aromatic heterocycles. The van der Waals surface area contributed by atoms with Crippen LogP contribution in [-0.2, 0) is 4.79 Å². The lowest BCUT2D eigenvalue weighted by Crippen LogP contribution is -2.52. The number of carbonyl (C=O) groups excluding carboxylic acids is 1. The molecule has 25 heavy (non-hydrogen) atoms. The van der Waals surface area contributed by atoms with Gasteiger partial charge >= 0.3 is 0 Å². The number of aromatic hydroxyl groups is 1. The van der Waals surface area contributed by atoms with Crippen LogP contribution in [0.5, 0.6) is 5.75 Å². The molecule has 126 valence electrons. The number of phenols is 1. The SMILES string of the molecule is CCC[Si]1(C)C2=C(c3cccs3)C(=O)C=CC2=Nc2ccc(O)cc21. The van der Waals surface area contributed by atoms with Crippen LogP contribution < -0.4 is 5.19 Å². The van der Waals surface area contributed by atoms with E-state index in [1.165, 1.54) is 0 Å². The Labute approximate surface area is 152 Å². The Balaban J connectivity index is 2.08. The Kier molecular flexibility index (Phi) is 3.85. The first-order valence-corrected chi connectivity index (χ1v) is 12.1. The molecule has 0 saturated carbocycles. The molecule has 0 spiro atoms. The Morgan fingerprint density at radius 3 is 2.80 bits per heavy atom. The van der Waals surface area contributed by atoms with E-state index in [4.69, 9.17) is 4.99 Å². The van der Waals surface area contributed by atoms with Crippen LogP contribution in [0.15, 0.2) is 58.1 Å². The number of rotatable bonds is 3. The van der Waals surface area contributed by atoms with E-state index in [1.807, 2.05) is 35.7 Å². The lowest BCUT2D eigenvalue weighted by atomic mass is 10.0. The number of carbonyl (C=O) groups is 1. The molecule has 0 fully saturated rings. The maximum Gasteiger partial charge on any atom is 0.187 e. The van der Waals surface area contributed by atoms with Crippen molar-refractivity contribution in [3.8, 4) is 5.75 Å². The molecule has 1 unspecified atom stereocenters. The minimum absolute atomic E-state index is 0.0647. The first-order chi connectivity index (χ1) is 12.0. The predicted octanol–water partition coefficient (Wildman–Crippen LogP) is 4.37. The second-order valence-electron chi connectivity index (χ2n) is 6.71. The highest BCUT2D eigenvalue weighted by molar-refractivity contribution is 7.12. The number of thiophene rings is 1. The number of hydrogen-bond acceptors (Lipinski definition) is 4. The predicted molar refractivity (Wildman–Crippen MR) is 107 cm³/mol. The Bertz CT molecular complexity index is 956. The average Bonchev–Trinajstić information content (AvgIpc) is 3.11. The molecule has 1 N–H and O–H groups in total. The van der Waals surface area contributed by atoms with Crippen LogP contribution in [-0.4, -0.2) is 24.7 Å². The summed E-state index contributed by atoms with van der Waals surface area (Å²) in [5.41, 5.74) is 2.67. The first kappa shape index (κ1) is 16.2. The van der Waals surface area contributed by atoms with Crippen molar-refractivity contribution in [2.24, 2.45) is 4.99 Å². The van der Waals surface area contributed by atoms with Gasteiger partial charge in [0.25, 0.3) is 0 Å². The lowest BCUT2D eigenvalue weighted by molar-refractivity contribution is -0.109. The van der Waals surface area contributed by atoms with Crippen molar-refractivity contribution in [1.29, 1.82) is 0 Å². The number of benzene rings is 1. The van der Waals surface area contributed by atoms with Gasteiger partial charge in [0, 0.05) is 10.5 Å².